The molecule has 0 aromatic carbocycles. The van der Waals surface area contributed by atoms with Gasteiger partial charge in [-0.1, -0.05) is 0 Å². The fraction of sp³-hybridized carbons (Fsp3) is 0.286. The number of rotatable bonds is 2. The molecule has 9 heteroatoms. The predicted molar refractivity (Wildman–Crippen MR) is 53.0 cm³/mol. The first-order valence-electron chi connectivity index (χ1n) is 3.70. The molecule has 1 rings (SSSR count). The molecule has 0 aliphatic rings. The van der Waals surface area contributed by atoms with Crippen LogP contribution in [0.4, 0.5) is 27.6 Å². The molecule has 0 bridgehead atoms. The monoisotopic (exact) mass is 354 g/mol. The first kappa shape index (κ1) is 13.2. The molecular formula is C7H4F5IN2O. The van der Waals surface area contributed by atoms with Crippen molar-refractivity contribution in [3.63, 3.8) is 0 Å². The Hall–Kier alpha value is -0.870. The Balaban J connectivity index is 3.19. The van der Waals surface area contributed by atoms with Gasteiger partial charge in [-0.3, -0.25) is 0 Å². The number of ether oxygens (including phenoxy) is 1. The van der Waals surface area contributed by atoms with E-state index in [-0.39, 0.29) is 3.70 Å². The molecule has 16 heavy (non-hydrogen) atoms. The van der Waals surface area contributed by atoms with E-state index < -0.39 is 29.8 Å². The summed E-state index contributed by atoms with van der Waals surface area (Å²) < 4.78 is 63.7. The lowest BCUT2D eigenvalue weighted by molar-refractivity contribution is -0.274. The van der Waals surface area contributed by atoms with Crippen molar-refractivity contribution in [1.29, 1.82) is 0 Å². The third-order valence-electron chi connectivity index (χ3n) is 1.52. The largest absolute Gasteiger partial charge is 0.573 e. The lowest BCUT2D eigenvalue weighted by atomic mass is 10.2. The van der Waals surface area contributed by atoms with Gasteiger partial charge in [-0.2, -0.15) is 0 Å². The van der Waals surface area contributed by atoms with Crippen LogP contribution in [0.2, 0.25) is 0 Å². The summed E-state index contributed by atoms with van der Waals surface area (Å²) in [5, 5.41) is 0. The Kier molecular flexibility index (Phi) is 3.76. The van der Waals surface area contributed by atoms with Crippen LogP contribution in [0.1, 0.15) is 12.0 Å². The summed E-state index contributed by atoms with van der Waals surface area (Å²) in [6, 6.07) is 0. The fourth-order valence-corrected chi connectivity index (χ4v) is 1.58. The van der Waals surface area contributed by atoms with Gasteiger partial charge in [0, 0.05) is 0 Å². The number of nitrogens with two attached hydrogens (primary N) is 1. The molecule has 0 spiro atoms. The number of nitrogens with zero attached hydrogens (tertiary/aromatic N) is 1. The number of alkyl halides is 5. The number of halogens is 6. The van der Waals surface area contributed by atoms with Crippen molar-refractivity contribution < 1.29 is 26.7 Å². The fourth-order valence-electron chi connectivity index (χ4n) is 0.912. The Morgan fingerprint density at radius 1 is 1.38 bits per heavy atom. The molecule has 3 nitrogen and oxygen atoms in total. The van der Waals surface area contributed by atoms with Crippen LogP contribution >= 0.6 is 22.6 Å². The maximum absolute atomic E-state index is 12.4. The van der Waals surface area contributed by atoms with E-state index in [1.807, 2.05) is 0 Å². The molecule has 1 heterocycles. The second kappa shape index (κ2) is 4.55. The van der Waals surface area contributed by atoms with Gasteiger partial charge in [0.05, 0.1) is 17.4 Å². The molecule has 0 atom stereocenters. The summed E-state index contributed by atoms with van der Waals surface area (Å²) in [4.78, 5) is 3.35. The Labute approximate surface area is 99.9 Å². The van der Waals surface area contributed by atoms with Crippen LogP contribution in [0.5, 0.6) is 5.75 Å². The molecule has 0 saturated carbocycles. The van der Waals surface area contributed by atoms with Crippen molar-refractivity contribution in [3.05, 3.63) is 15.5 Å². The van der Waals surface area contributed by atoms with E-state index in [1.54, 1.807) is 0 Å². The third-order valence-corrected chi connectivity index (χ3v) is 2.38. The van der Waals surface area contributed by atoms with Gasteiger partial charge in [0.15, 0.2) is 5.75 Å². The second-order valence-electron chi connectivity index (χ2n) is 2.59. The van der Waals surface area contributed by atoms with E-state index in [9.17, 15) is 22.0 Å². The van der Waals surface area contributed by atoms with Crippen LogP contribution in [0.3, 0.4) is 0 Å². The van der Waals surface area contributed by atoms with Crippen molar-refractivity contribution in [2.45, 2.75) is 12.8 Å². The maximum atomic E-state index is 12.4. The lowest BCUT2D eigenvalue weighted by Gasteiger charge is -2.13. The average Bonchev–Trinajstić information content (AvgIpc) is 2.07. The number of aromatic nitrogens is 1. The summed E-state index contributed by atoms with van der Waals surface area (Å²) >= 11 is 1.45. The van der Waals surface area contributed by atoms with E-state index in [1.165, 1.54) is 22.6 Å². The van der Waals surface area contributed by atoms with E-state index in [0.29, 0.717) is 6.20 Å². The van der Waals surface area contributed by atoms with Crippen molar-refractivity contribution >= 4 is 28.3 Å². The van der Waals surface area contributed by atoms with Gasteiger partial charge in [0.2, 0.25) is 0 Å². The van der Waals surface area contributed by atoms with Crippen LogP contribution in [-0.2, 0) is 0 Å². The molecule has 90 valence electrons. The molecule has 0 amide bonds. The van der Waals surface area contributed by atoms with Crippen LogP contribution in [-0.4, -0.2) is 11.3 Å². The molecule has 1 aromatic heterocycles. The summed E-state index contributed by atoms with van der Waals surface area (Å²) in [5.41, 5.74) is 3.62. The first-order valence-corrected chi connectivity index (χ1v) is 4.78. The minimum atomic E-state index is -5.00. The Morgan fingerprint density at radius 3 is 2.38 bits per heavy atom. The number of pyridine rings is 1. The summed E-state index contributed by atoms with van der Waals surface area (Å²) in [6.45, 7) is 0. The number of hydrogen-bond acceptors (Lipinski definition) is 3. The highest BCUT2D eigenvalue weighted by Gasteiger charge is 2.33. The second-order valence-corrected chi connectivity index (χ2v) is 3.61. The van der Waals surface area contributed by atoms with Gasteiger partial charge >= 0.3 is 6.36 Å². The smallest absolute Gasteiger partial charge is 0.402 e. The highest BCUT2D eigenvalue weighted by atomic mass is 127. The van der Waals surface area contributed by atoms with Crippen LogP contribution < -0.4 is 10.5 Å². The molecule has 0 radical (unpaired) electrons. The van der Waals surface area contributed by atoms with Gasteiger partial charge < -0.3 is 10.5 Å². The molecular weight excluding hydrogens is 350 g/mol. The van der Waals surface area contributed by atoms with E-state index >= 15 is 0 Å². The number of hydrogen-bond donors (Lipinski definition) is 1. The zero-order valence-corrected chi connectivity index (χ0v) is 9.51. The predicted octanol–water partition coefficient (Wildman–Crippen LogP) is 3.10. The SMILES string of the molecule is Nc1c(OC(F)(F)F)cnc(I)c1C(F)F. The standard InChI is InChI=1S/C7H4F5IN2O/c8-5(9)3-4(14)2(1-15-6(3)13)16-7(10,11)12/h1,5H,(H2,14,15). The van der Waals surface area contributed by atoms with E-state index in [0.717, 1.165) is 0 Å². The lowest BCUT2D eigenvalue weighted by Crippen LogP contribution is -2.19. The average molecular weight is 354 g/mol. The topological polar surface area (TPSA) is 48.1 Å². The summed E-state index contributed by atoms with van der Waals surface area (Å²) in [5.74, 6) is -0.928. The van der Waals surface area contributed by atoms with Crippen molar-refractivity contribution in [2.24, 2.45) is 0 Å². The zero-order valence-electron chi connectivity index (χ0n) is 7.36. The van der Waals surface area contributed by atoms with Crippen molar-refractivity contribution in [2.75, 3.05) is 5.73 Å². The molecule has 0 unspecified atom stereocenters. The molecule has 0 aliphatic carbocycles. The quantitative estimate of drug-likeness (QED) is 0.505. The summed E-state index contributed by atoms with van der Waals surface area (Å²) in [6.07, 6.45) is -7.37. The molecule has 1 aromatic rings. The van der Waals surface area contributed by atoms with Crippen molar-refractivity contribution in [1.82, 2.24) is 4.98 Å². The van der Waals surface area contributed by atoms with Gasteiger partial charge in [-0.05, 0) is 22.6 Å². The first-order chi connectivity index (χ1) is 7.22. The minimum Gasteiger partial charge on any atom is -0.402 e. The van der Waals surface area contributed by atoms with Crippen LogP contribution in [0, 0.1) is 3.70 Å². The van der Waals surface area contributed by atoms with E-state index in [4.69, 9.17) is 5.73 Å². The van der Waals surface area contributed by atoms with Crippen LogP contribution in [0.25, 0.3) is 0 Å². The number of nitrogen functional groups attached to an aromatic ring is 1. The highest BCUT2D eigenvalue weighted by Crippen LogP contribution is 2.36. The van der Waals surface area contributed by atoms with E-state index in [2.05, 4.69) is 9.72 Å². The minimum absolute atomic E-state index is 0.167. The summed E-state index contributed by atoms with van der Waals surface area (Å²) in [7, 11) is 0. The third kappa shape index (κ3) is 3.06. The normalized spacial score (nSPS) is 11.9. The van der Waals surface area contributed by atoms with Gasteiger partial charge in [-0.15, -0.1) is 13.2 Å². The molecule has 0 fully saturated rings. The molecule has 0 saturated heterocycles. The molecule has 0 aliphatic heterocycles. The van der Waals surface area contributed by atoms with Crippen molar-refractivity contribution in [3.8, 4) is 5.75 Å². The van der Waals surface area contributed by atoms with Crippen LogP contribution in [0.15, 0.2) is 6.20 Å². The highest BCUT2D eigenvalue weighted by molar-refractivity contribution is 14.1. The Morgan fingerprint density at radius 2 is 1.94 bits per heavy atom. The number of anilines is 1. The zero-order chi connectivity index (χ0) is 12.5. The van der Waals surface area contributed by atoms with Gasteiger partial charge in [0.1, 0.15) is 3.70 Å². The molecule has 2 N–H and O–H groups in total. The van der Waals surface area contributed by atoms with Gasteiger partial charge in [0.25, 0.3) is 6.43 Å². The van der Waals surface area contributed by atoms with Gasteiger partial charge in [-0.25, -0.2) is 13.8 Å². The maximum Gasteiger partial charge on any atom is 0.573 e. The Bertz CT molecular complexity index is 395.